The first-order chi connectivity index (χ1) is 10.5. The second-order valence-electron chi connectivity index (χ2n) is 5.25. The number of hydrogen-bond donors (Lipinski definition) is 0. The summed E-state index contributed by atoms with van der Waals surface area (Å²) in [6, 6.07) is 3.61. The van der Waals surface area contributed by atoms with Crippen molar-refractivity contribution in [3.63, 3.8) is 0 Å². The average molecular weight is 328 g/mol. The maximum Gasteiger partial charge on any atom is 0.338 e. The lowest BCUT2D eigenvalue weighted by Crippen LogP contribution is -2.44. The number of benzene rings is 1. The molecular weight excluding hydrogens is 306 g/mol. The molecular formula is C16H22ClNO4. The molecule has 0 amide bonds. The van der Waals surface area contributed by atoms with Gasteiger partial charge in [-0.15, -0.1) is 0 Å². The van der Waals surface area contributed by atoms with Gasteiger partial charge in [-0.3, -0.25) is 0 Å². The maximum atomic E-state index is 11.9. The Labute approximate surface area is 136 Å². The SMILES string of the molecule is CCN(c1cc(Cl)cc(C(=O)OC)c1C)C1COCC1OC. The maximum absolute atomic E-state index is 11.9. The Hall–Kier alpha value is -1.30. The molecule has 1 heterocycles. The highest BCUT2D eigenvalue weighted by atomic mass is 35.5. The average Bonchev–Trinajstić information content (AvgIpc) is 2.98. The zero-order valence-corrected chi connectivity index (χ0v) is 14.1. The van der Waals surface area contributed by atoms with Crippen LogP contribution in [0.5, 0.6) is 0 Å². The number of hydrogen-bond acceptors (Lipinski definition) is 5. The van der Waals surface area contributed by atoms with E-state index in [0.29, 0.717) is 23.8 Å². The van der Waals surface area contributed by atoms with E-state index in [1.165, 1.54) is 7.11 Å². The second-order valence-corrected chi connectivity index (χ2v) is 5.69. The topological polar surface area (TPSA) is 48.0 Å². The van der Waals surface area contributed by atoms with Gasteiger partial charge >= 0.3 is 5.97 Å². The molecule has 6 heteroatoms. The number of halogens is 1. The molecule has 1 fully saturated rings. The Balaban J connectivity index is 2.45. The van der Waals surface area contributed by atoms with E-state index < -0.39 is 0 Å². The molecule has 122 valence electrons. The first kappa shape index (κ1) is 17.1. The van der Waals surface area contributed by atoms with Crippen molar-refractivity contribution in [3.8, 4) is 0 Å². The number of carbonyl (C=O) groups is 1. The summed E-state index contributed by atoms with van der Waals surface area (Å²) in [5.41, 5.74) is 2.24. The van der Waals surface area contributed by atoms with Crippen LogP contribution in [-0.2, 0) is 14.2 Å². The Morgan fingerprint density at radius 3 is 2.73 bits per heavy atom. The highest BCUT2D eigenvalue weighted by Crippen LogP contribution is 2.32. The Morgan fingerprint density at radius 1 is 1.41 bits per heavy atom. The molecule has 0 spiro atoms. The Kier molecular flexibility index (Phi) is 5.67. The molecule has 1 aromatic rings. The summed E-state index contributed by atoms with van der Waals surface area (Å²) >= 11 is 6.20. The van der Waals surface area contributed by atoms with Crippen LogP contribution < -0.4 is 4.90 Å². The summed E-state index contributed by atoms with van der Waals surface area (Å²) in [6.45, 7) is 5.88. The lowest BCUT2D eigenvalue weighted by atomic mass is 10.0. The van der Waals surface area contributed by atoms with E-state index >= 15 is 0 Å². The summed E-state index contributed by atoms with van der Waals surface area (Å²) in [4.78, 5) is 14.1. The van der Waals surface area contributed by atoms with Gasteiger partial charge in [0.05, 0.1) is 31.9 Å². The van der Waals surface area contributed by atoms with Gasteiger partial charge in [0.2, 0.25) is 0 Å². The van der Waals surface area contributed by atoms with Gasteiger partial charge < -0.3 is 19.1 Å². The number of rotatable bonds is 5. The molecule has 0 radical (unpaired) electrons. The third-order valence-corrected chi connectivity index (χ3v) is 4.32. The van der Waals surface area contributed by atoms with Gasteiger partial charge in [0, 0.05) is 24.4 Å². The number of anilines is 1. The van der Waals surface area contributed by atoms with Crippen LogP contribution in [0.1, 0.15) is 22.8 Å². The molecule has 1 aliphatic heterocycles. The van der Waals surface area contributed by atoms with E-state index in [4.69, 9.17) is 25.8 Å². The predicted octanol–water partition coefficient (Wildman–Crippen LogP) is 2.68. The molecule has 1 aromatic carbocycles. The van der Waals surface area contributed by atoms with Crippen molar-refractivity contribution < 1.29 is 19.0 Å². The monoisotopic (exact) mass is 327 g/mol. The van der Waals surface area contributed by atoms with Crippen molar-refractivity contribution in [1.82, 2.24) is 0 Å². The van der Waals surface area contributed by atoms with Crippen molar-refractivity contribution in [1.29, 1.82) is 0 Å². The smallest absolute Gasteiger partial charge is 0.338 e. The zero-order chi connectivity index (χ0) is 16.3. The standard InChI is InChI=1S/C16H22ClNO4/c1-5-18(14-8-22-9-15(14)20-3)13-7-11(17)6-12(10(13)2)16(19)21-4/h6-7,14-15H,5,8-9H2,1-4H3. The lowest BCUT2D eigenvalue weighted by Gasteiger charge is -2.33. The normalized spacial score (nSPS) is 21.0. The van der Waals surface area contributed by atoms with Gasteiger partial charge in [-0.05, 0) is 31.5 Å². The van der Waals surface area contributed by atoms with Crippen LogP contribution >= 0.6 is 11.6 Å². The molecule has 2 atom stereocenters. The quantitative estimate of drug-likeness (QED) is 0.778. The third kappa shape index (κ3) is 3.21. The summed E-state index contributed by atoms with van der Waals surface area (Å²) in [5.74, 6) is -0.386. The molecule has 2 unspecified atom stereocenters. The van der Waals surface area contributed by atoms with E-state index in [0.717, 1.165) is 17.8 Å². The molecule has 5 nitrogen and oxygen atoms in total. The summed E-state index contributed by atoms with van der Waals surface area (Å²) in [5, 5.41) is 0.507. The fourth-order valence-electron chi connectivity index (χ4n) is 2.91. The molecule has 0 saturated carbocycles. The highest BCUT2D eigenvalue weighted by Gasteiger charge is 2.34. The highest BCUT2D eigenvalue weighted by molar-refractivity contribution is 6.31. The van der Waals surface area contributed by atoms with Crippen molar-refractivity contribution in [2.24, 2.45) is 0 Å². The zero-order valence-electron chi connectivity index (χ0n) is 13.4. The van der Waals surface area contributed by atoms with Gasteiger partial charge in [0.1, 0.15) is 6.10 Å². The van der Waals surface area contributed by atoms with Gasteiger partial charge in [-0.2, -0.15) is 0 Å². The minimum absolute atomic E-state index is 0.0000849. The molecule has 0 bridgehead atoms. The lowest BCUT2D eigenvalue weighted by molar-refractivity contribution is 0.0600. The van der Waals surface area contributed by atoms with Crippen LogP contribution in [0.25, 0.3) is 0 Å². The van der Waals surface area contributed by atoms with Crippen molar-refractivity contribution in [3.05, 3.63) is 28.3 Å². The van der Waals surface area contributed by atoms with Crippen molar-refractivity contribution in [2.75, 3.05) is 38.9 Å². The van der Waals surface area contributed by atoms with E-state index in [1.54, 1.807) is 13.2 Å². The number of ether oxygens (including phenoxy) is 3. The largest absolute Gasteiger partial charge is 0.465 e. The van der Waals surface area contributed by atoms with Gasteiger partial charge in [0.25, 0.3) is 0 Å². The van der Waals surface area contributed by atoms with Gasteiger partial charge in [-0.25, -0.2) is 4.79 Å². The Bertz CT molecular complexity index is 549. The number of methoxy groups -OCH3 is 2. The predicted molar refractivity (Wildman–Crippen MR) is 86.0 cm³/mol. The number of carbonyl (C=O) groups excluding carboxylic acids is 1. The first-order valence-electron chi connectivity index (χ1n) is 7.29. The van der Waals surface area contributed by atoms with E-state index in [1.807, 2.05) is 13.0 Å². The van der Waals surface area contributed by atoms with Crippen LogP contribution in [0.2, 0.25) is 5.02 Å². The summed E-state index contributed by atoms with van der Waals surface area (Å²) in [7, 11) is 3.05. The van der Waals surface area contributed by atoms with Crippen LogP contribution in [0, 0.1) is 6.92 Å². The fourth-order valence-corrected chi connectivity index (χ4v) is 3.12. The van der Waals surface area contributed by atoms with E-state index in [9.17, 15) is 4.79 Å². The van der Waals surface area contributed by atoms with Crippen LogP contribution in [0.4, 0.5) is 5.69 Å². The van der Waals surface area contributed by atoms with E-state index in [-0.39, 0.29) is 18.1 Å². The molecule has 0 N–H and O–H groups in total. The molecule has 2 rings (SSSR count). The van der Waals surface area contributed by atoms with Gasteiger partial charge in [-0.1, -0.05) is 11.6 Å². The second kappa shape index (κ2) is 7.31. The number of esters is 1. The van der Waals surface area contributed by atoms with Crippen LogP contribution in [0.15, 0.2) is 12.1 Å². The van der Waals surface area contributed by atoms with Crippen LogP contribution in [0.3, 0.4) is 0 Å². The molecule has 1 aliphatic rings. The van der Waals surface area contributed by atoms with Crippen LogP contribution in [-0.4, -0.2) is 52.1 Å². The molecule has 1 saturated heterocycles. The number of likely N-dealkylation sites (N-methyl/N-ethyl adjacent to an activating group) is 1. The molecule has 0 aliphatic carbocycles. The molecule has 0 aromatic heterocycles. The first-order valence-corrected chi connectivity index (χ1v) is 7.66. The van der Waals surface area contributed by atoms with E-state index in [2.05, 4.69) is 11.8 Å². The summed E-state index contributed by atoms with van der Waals surface area (Å²) in [6.07, 6.45) is -0.0000849. The third-order valence-electron chi connectivity index (χ3n) is 4.10. The minimum Gasteiger partial charge on any atom is -0.465 e. The minimum atomic E-state index is -0.386. The molecule has 22 heavy (non-hydrogen) atoms. The fraction of sp³-hybridized carbons (Fsp3) is 0.562. The number of nitrogens with zero attached hydrogens (tertiary/aromatic N) is 1. The Morgan fingerprint density at radius 2 is 2.14 bits per heavy atom. The van der Waals surface area contributed by atoms with Gasteiger partial charge in [0.15, 0.2) is 0 Å². The van der Waals surface area contributed by atoms with Crippen molar-refractivity contribution >= 4 is 23.3 Å². The summed E-state index contributed by atoms with van der Waals surface area (Å²) < 4.78 is 15.9. The van der Waals surface area contributed by atoms with Crippen molar-refractivity contribution in [2.45, 2.75) is 26.0 Å².